The van der Waals surface area contributed by atoms with Crippen LogP contribution in [0.5, 0.6) is 5.75 Å². The Labute approximate surface area is 344 Å². The number of pyridine rings is 1. The Balaban J connectivity index is 1.02. The first kappa shape index (κ1) is 43.1. The van der Waals surface area contributed by atoms with Gasteiger partial charge in [-0.15, -0.1) is 0 Å². The van der Waals surface area contributed by atoms with E-state index in [0.29, 0.717) is 61.5 Å². The number of ether oxygens (including phenoxy) is 1. The fourth-order valence-electron chi connectivity index (χ4n) is 7.92. The lowest BCUT2D eigenvalue weighted by Gasteiger charge is -2.37. The van der Waals surface area contributed by atoms with Crippen molar-refractivity contribution in [2.75, 3.05) is 40.1 Å². The summed E-state index contributed by atoms with van der Waals surface area (Å²) in [5.74, 6) is -0.824. The Bertz CT molecular complexity index is 2210. The normalized spacial score (nSPS) is 21.1. The second-order valence-electron chi connectivity index (χ2n) is 15.7. The van der Waals surface area contributed by atoms with Crippen LogP contribution in [0.15, 0.2) is 48.7 Å². The molecule has 2 aliphatic heterocycles. The summed E-state index contributed by atoms with van der Waals surface area (Å²) in [6, 6.07) is 11.3. The van der Waals surface area contributed by atoms with Gasteiger partial charge in [0, 0.05) is 23.8 Å². The molecule has 2 saturated heterocycles. The molecule has 2 aromatic carbocycles. The van der Waals surface area contributed by atoms with Crippen molar-refractivity contribution in [1.82, 2.24) is 9.88 Å². The van der Waals surface area contributed by atoms with E-state index in [4.69, 9.17) is 17.0 Å². The molecule has 1 unspecified atom stereocenters. The molecule has 3 aromatic rings. The minimum Gasteiger partial charge on any atom is -0.493 e. The summed E-state index contributed by atoms with van der Waals surface area (Å²) in [7, 11) is 0. The van der Waals surface area contributed by atoms with Crippen LogP contribution in [0.2, 0.25) is 0 Å². The summed E-state index contributed by atoms with van der Waals surface area (Å²) in [6.07, 6.45) is -0.277. The highest BCUT2D eigenvalue weighted by molar-refractivity contribution is 7.81. The molecule has 312 valence electrons. The number of rotatable bonds is 12. The van der Waals surface area contributed by atoms with Crippen molar-refractivity contribution < 1.29 is 41.5 Å². The number of carbonyl (C=O) groups is 4. The molecule has 6 rings (SSSR count). The van der Waals surface area contributed by atoms with Gasteiger partial charge in [0.15, 0.2) is 16.6 Å². The zero-order chi connectivity index (χ0) is 42.8. The van der Waals surface area contributed by atoms with Crippen molar-refractivity contribution in [1.29, 1.82) is 5.26 Å². The standard InChI is InChI=1S/C42H45F4N7O5S/c1-5-26-17-28(53-40(59)52(39(57)41(53,3)4)29-19-31(42(44,45)46)35(21-47)48-22-29)7-11-37(26)58-15-13-25-12-14-51(24(2)16-25)23-38(56)50-34-18-27(6-9-32(34)43)49-33-10-8-30(54)20-36(33)55/h6-7,9,11,17-19,22,24-25,33,49H,5,8,10,12-16,20,23H2,1-4H3,(H,50,56)/t24-,25-,33?/m1/s1. The third kappa shape index (κ3) is 9.39. The number of anilines is 4. The van der Waals surface area contributed by atoms with Crippen LogP contribution in [-0.4, -0.2) is 75.7 Å². The number of likely N-dealkylation sites (tertiary alicyclic amines) is 1. The molecule has 1 saturated carbocycles. The number of ketones is 2. The number of aryl methyl sites for hydroxylation is 1. The number of carbonyl (C=O) groups excluding carboxylic acids is 4. The van der Waals surface area contributed by atoms with E-state index in [1.54, 1.807) is 30.9 Å². The Hall–Kier alpha value is -5.47. The van der Waals surface area contributed by atoms with Gasteiger partial charge in [-0.25, -0.2) is 9.37 Å². The SMILES string of the molecule is CCc1cc(N2C(=S)N(c3cnc(C#N)c(C(F)(F)F)c3)C(=O)C2(C)C)ccc1OCC[C@H]1CCN(CC(=O)Nc2cc(NC3CCC(=O)CC3=O)ccc2F)[C@H](C)C1. The molecule has 2 N–H and O–H groups in total. The third-order valence-corrected chi connectivity index (χ3v) is 11.6. The largest absolute Gasteiger partial charge is 0.493 e. The molecule has 2 amide bonds. The number of alkyl halides is 3. The number of hydrogen-bond donors (Lipinski definition) is 2. The van der Waals surface area contributed by atoms with Gasteiger partial charge in [-0.3, -0.25) is 29.0 Å². The van der Waals surface area contributed by atoms with E-state index < -0.39 is 40.7 Å². The molecule has 0 bridgehead atoms. The zero-order valence-electron chi connectivity index (χ0n) is 33.1. The highest BCUT2D eigenvalue weighted by atomic mass is 32.1. The predicted molar refractivity (Wildman–Crippen MR) is 217 cm³/mol. The number of halogens is 4. The van der Waals surface area contributed by atoms with Crippen LogP contribution in [0, 0.1) is 23.1 Å². The van der Waals surface area contributed by atoms with Crippen molar-refractivity contribution in [2.24, 2.45) is 5.92 Å². The first-order chi connectivity index (χ1) is 27.9. The van der Waals surface area contributed by atoms with Crippen LogP contribution in [0.4, 0.5) is 40.3 Å². The first-order valence-electron chi connectivity index (χ1n) is 19.5. The Morgan fingerprint density at radius 1 is 1.10 bits per heavy atom. The molecule has 3 aliphatic rings. The number of thiocarbonyl (C=S) groups is 1. The Kier molecular flexibility index (Phi) is 12.7. The van der Waals surface area contributed by atoms with Gasteiger partial charge in [0.05, 0.1) is 48.7 Å². The molecule has 1 aliphatic carbocycles. The summed E-state index contributed by atoms with van der Waals surface area (Å²) >= 11 is 5.68. The average molecular weight is 836 g/mol. The van der Waals surface area contributed by atoms with Gasteiger partial charge in [-0.2, -0.15) is 18.4 Å². The predicted octanol–water partition coefficient (Wildman–Crippen LogP) is 7.20. The van der Waals surface area contributed by atoms with Gasteiger partial charge in [0.1, 0.15) is 29.0 Å². The lowest BCUT2D eigenvalue weighted by molar-refractivity contribution is -0.138. The molecule has 0 radical (unpaired) electrons. The lowest BCUT2D eigenvalue weighted by Crippen LogP contribution is -2.45. The number of nitrogens with zero attached hydrogens (tertiary/aromatic N) is 5. The fourth-order valence-corrected chi connectivity index (χ4v) is 8.44. The molecule has 59 heavy (non-hydrogen) atoms. The summed E-state index contributed by atoms with van der Waals surface area (Å²) in [5.41, 5.74) is -1.63. The van der Waals surface area contributed by atoms with Gasteiger partial charge < -0.3 is 20.3 Å². The number of aromatic nitrogens is 1. The fraction of sp³-hybridized carbons (Fsp3) is 0.452. The minimum atomic E-state index is -4.87. The van der Waals surface area contributed by atoms with E-state index in [0.717, 1.165) is 35.9 Å². The Morgan fingerprint density at radius 2 is 1.86 bits per heavy atom. The number of piperidine rings is 1. The smallest absolute Gasteiger partial charge is 0.419 e. The molecule has 3 fully saturated rings. The highest BCUT2D eigenvalue weighted by Crippen LogP contribution is 2.40. The second kappa shape index (κ2) is 17.4. The van der Waals surface area contributed by atoms with Crippen molar-refractivity contribution >= 4 is 63.5 Å². The summed E-state index contributed by atoms with van der Waals surface area (Å²) < 4.78 is 62.1. The second-order valence-corrected chi connectivity index (χ2v) is 16.0. The molecule has 1 aromatic heterocycles. The molecule has 12 nitrogen and oxygen atoms in total. The number of amides is 2. The molecule has 3 heterocycles. The average Bonchev–Trinajstić information content (AvgIpc) is 3.36. The Morgan fingerprint density at radius 3 is 2.54 bits per heavy atom. The van der Waals surface area contributed by atoms with Crippen molar-refractivity contribution in [3.63, 3.8) is 0 Å². The van der Waals surface area contributed by atoms with Gasteiger partial charge in [-0.1, -0.05) is 6.92 Å². The number of nitriles is 1. The number of hydrogen-bond acceptors (Lipinski definition) is 10. The summed E-state index contributed by atoms with van der Waals surface area (Å²) in [6.45, 7) is 8.44. The van der Waals surface area contributed by atoms with Gasteiger partial charge in [0.2, 0.25) is 5.91 Å². The topological polar surface area (TPSA) is 148 Å². The van der Waals surface area contributed by atoms with Gasteiger partial charge in [-0.05, 0) is 126 Å². The van der Waals surface area contributed by atoms with Crippen LogP contribution >= 0.6 is 12.2 Å². The molecule has 17 heteroatoms. The highest BCUT2D eigenvalue weighted by Gasteiger charge is 2.51. The number of benzene rings is 2. The maximum atomic E-state index is 14.7. The molecule has 3 atom stereocenters. The van der Waals surface area contributed by atoms with Crippen molar-refractivity contribution in [3.05, 3.63) is 71.3 Å². The molecular weight excluding hydrogens is 791 g/mol. The lowest BCUT2D eigenvalue weighted by atomic mass is 9.89. The van der Waals surface area contributed by atoms with Crippen LogP contribution in [0.25, 0.3) is 0 Å². The zero-order valence-corrected chi connectivity index (χ0v) is 33.9. The first-order valence-corrected chi connectivity index (χ1v) is 19.9. The maximum absolute atomic E-state index is 14.7. The number of Topliss-reactive ketones (excluding diaryl/α,β-unsaturated/α-hetero) is 2. The third-order valence-electron chi connectivity index (χ3n) is 11.2. The van der Waals surface area contributed by atoms with Crippen molar-refractivity contribution in [3.8, 4) is 11.8 Å². The van der Waals surface area contributed by atoms with E-state index in [1.165, 1.54) is 24.3 Å². The van der Waals surface area contributed by atoms with E-state index in [1.807, 2.05) is 13.0 Å². The van der Waals surface area contributed by atoms with E-state index in [9.17, 15) is 42.0 Å². The summed E-state index contributed by atoms with van der Waals surface area (Å²) in [5, 5.41) is 14.9. The van der Waals surface area contributed by atoms with Crippen molar-refractivity contribution in [2.45, 2.75) is 96.4 Å². The quantitative estimate of drug-likeness (QED) is 0.108. The summed E-state index contributed by atoms with van der Waals surface area (Å²) in [4.78, 5) is 58.8. The van der Waals surface area contributed by atoms with E-state index in [2.05, 4.69) is 27.4 Å². The van der Waals surface area contributed by atoms with Crippen LogP contribution in [0.3, 0.4) is 0 Å². The van der Waals surface area contributed by atoms with Crippen LogP contribution in [-0.2, 0) is 31.8 Å². The van der Waals surface area contributed by atoms with Crippen LogP contribution in [0.1, 0.15) is 83.0 Å². The van der Waals surface area contributed by atoms with E-state index >= 15 is 0 Å². The molecular formula is C42H45F4N7O5S. The van der Waals surface area contributed by atoms with Gasteiger partial charge in [0.25, 0.3) is 5.91 Å². The molecule has 0 spiro atoms. The number of nitrogens with one attached hydrogen (secondary N) is 2. The van der Waals surface area contributed by atoms with Crippen LogP contribution < -0.4 is 25.2 Å². The van der Waals surface area contributed by atoms with Gasteiger partial charge >= 0.3 is 6.18 Å². The minimum absolute atomic E-state index is 0.00410. The monoisotopic (exact) mass is 835 g/mol. The maximum Gasteiger partial charge on any atom is 0.419 e. The van der Waals surface area contributed by atoms with E-state index in [-0.39, 0.29) is 53.0 Å².